The summed E-state index contributed by atoms with van der Waals surface area (Å²) >= 11 is 0. The molecule has 0 aromatic heterocycles. The normalized spacial score (nSPS) is 35.2. The SMILES string of the molecule is CC(=O)N[C@@H]1[C@@H]2OC[C@H](O2)[C@@H](OC(C)=O)[C@@H]1OC(C)=O. The number of hydrogen-bond donors (Lipinski definition) is 1. The van der Waals surface area contributed by atoms with Crippen LogP contribution in [0.5, 0.6) is 0 Å². The molecule has 5 atom stereocenters. The van der Waals surface area contributed by atoms with E-state index in [1.54, 1.807) is 0 Å². The lowest BCUT2D eigenvalue weighted by molar-refractivity contribution is -0.214. The zero-order valence-corrected chi connectivity index (χ0v) is 11.5. The highest BCUT2D eigenvalue weighted by Gasteiger charge is 2.54. The van der Waals surface area contributed by atoms with E-state index in [1.807, 2.05) is 0 Å². The fourth-order valence-corrected chi connectivity index (χ4v) is 2.42. The second-order valence-electron chi connectivity index (χ2n) is 4.75. The van der Waals surface area contributed by atoms with Crippen LogP contribution in [0.15, 0.2) is 0 Å². The summed E-state index contributed by atoms with van der Waals surface area (Å²) in [5, 5.41) is 2.61. The van der Waals surface area contributed by atoms with E-state index in [2.05, 4.69) is 5.32 Å². The first-order valence-electron chi connectivity index (χ1n) is 6.27. The summed E-state index contributed by atoms with van der Waals surface area (Å²) in [5.74, 6) is -1.39. The van der Waals surface area contributed by atoms with Crippen molar-refractivity contribution in [2.24, 2.45) is 0 Å². The number of carbonyl (C=O) groups excluding carboxylic acids is 3. The van der Waals surface area contributed by atoms with Gasteiger partial charge >= 0.3 is 11.9 Å². The maximum Gasteiger partial charge on any atom is 0.303 e. The molecule has 8 heteroatoms. The highest BCUT2D eigenvalue weighted by Crippen LogP contribution is 2.32. The van der Waals surface area contributed by atoms with E-state index in [0.29, 0.717) is 0 Å². The Bertz CT molecular complexity index is 394. The van der Waals surface area contributed by atoms with Gasteiger partial charge in [-0.25, -0.2) is 0 Å². The average Bonchev–Trinajstić information content (AvgIpc) is 2.74. The van der Waals surface area contributed by atoms with Gasteiger partial charge in [0.2, 0.25) is 5.91 Å². The summed E-state index contributed by atoms with van der Waals surface area (Å²) in [6.07, 6.45) is -2.89. The molecule has 20 heavy (non-hydrogen) atoms. The van der Waals surface area contributed by atoms with Gasteiger partial charge in [-0.1, -0.05) is 0 Å². The minimum absolute atomic E-state index is 0.205. The number of hydrogen-bond acceptors (Lipinski definition) is 7. The van der Waals surface area contributed by atoms with Crippen LogP contribution in [0.25, 0.3) is 0 Å². The minimum atomic E-state index is -0.841. The van der Waals surface area contributed by atoms with Crippen LogP contribution >= 0.6 is 0 Å². The summed E-state index contributed by atoms with van der Waals surface area (Å²) in [4.78, 5) is 33.7. The van der Waals surface area contributed by atoms with Gasteiger partial charge in [0, 0.05) is 20.8 Å². The number of ether oxygens (including phenoxy) is 4. The number of rotatable bonds is 3. The lowest BCUT2D eigenvalue weighted by Gasteiger charge is -2.39. The molecule has 2 rings (SSSR count). The molecule has 0 spiro atoms. The number of fused-ring (bicyclic) bond motifs is 2. The molecule has 2 bridgehead atoms. The number of esters is 2. The van der Waals surface area contributed by atoms with Gasteiger partial charge in [0.15, 0.2) is 18.5 Å². The van der Waals surface area contributed by atoms with Crippen molar-refractivity contribution in [3.05, 3.63) is 0 Å². The Balaban J connectivity index is 2.24. The van der Waals surface area contributed by atoms with E-state index >= 15 is 0 Å². The van der Waals surface area contributed by atoms with Crippen molar-refractivity contribution in [1.82, 2.24) is 5.32 Å². The van der Waals surface area contributed by atoms with E-state index in [9.17, 15) is 14.4 Å². The highest BCUT2D eigenvalue weighted by atomic mass is 16.7. The molecule has 0 aromatic carbocycles. The summed E-state index contributed by atoms with van der Waals surface area (Å²) in [6, 6.07) is -0.723. The topological polar surface area (TPSA) is 100 Å². The summed E-state index contributed by atoms with van der Waals surface area (Å²) in [6.45, 7) is 4.02. The molecule has 0 aliphatic carbocycles. The molecule has 2 aliphatic heterocycles. The first-order chi connectivity index (χ1) is 9.38. The maximum absolute atomic E-state index is 11.3. The smallest absolute Gasteiger partial charge is 0.303 e. The van der Waals surface area contributed by atoms with Crippen LogP contribution in [-0.4, -0.2) is 55.1 Å². The van der Waals surface area contributed by atoms with E-state index in [4.69, 9.17) is 18.9 Å². The lowest BCUT2D eigenvalue weighted by atomic mass is 9.98. The first-order valence-corrected chi connectivity index (χ1v) is 6.27. The van der Waals surface area contributed by atoms with Gasteiger partial charge < -0.3 is 24.3 Å². The van der Waals surface area contributed by atoms with Gasteiger partial charge in [0.25, 0.3) is 0 Å². The molecular weight excluding hydrogens is 270 g/mol. The van der Waals surface area contributed by atoms with Crippen molar-refractivity contribution in [2.75, 3.05) is 6.61 Å². The largest absolute Gasteiger partial charge is 0.456 e. The monoisotopic (exact) mass is 287 g/mol. The zero-order valence-electron chi connectivity index (χ0n) is 11.5. The molecule has 2 saturated heterocycles. The maximum atomic E-state index is 11.3. The predicted molar refractivity (Wildman–Crippen MR) is 63.3 cm³/mol. The van der Waals surface area contributed by atoms with Crippen LogP contribution in [0.2, 0.25) is 0 Å². The van der Waals surface area contributed by atoms with Gasteiger partial charge in [0.1, 0.15) is 12.1 Å². The number of carbonyl (C=O) groups is 3. The standard InChI is InChI=1S/C12H17NO7/c1-5(14)13-9-11(19-7(3)16)10(18-6(2)15)8-4-17-12(9)20-8/h8-12H,4H2,1-3H3,(H,13,14)/t8-,9-,10+,11+,12+/m0/s1. The Labute approximate surface area is 115 Å². The average molecular weight is 287 g/mol. The fourth-order valence-electron chi connectivity index (χ4n) is 2.42. The molecule has 0 unspecified atom stereocenters. The number of amides is 1. The zero-order chi connectivity index (χ0) is 14.9. The Morgan fingerprint density at radius 3 is 2.20 bits per heavy atom. The molecule has 0 aromatic rings. The van der Waals surface area contributed by atoms with Crippen LogP contribution < -0.4 is 5.32 Å². The molecule has 112 valence electrons. The third-order valence-electron chi connectivity index (χ3n) is 3.05. The van der Waals surface area contributed by atoms with Crippen LogP contribution in [0.1, 0.15) is 20.8 Å². The Kier molecular flexibility index (Phi) is 4.24. The van der Waals surface area contributed by atoms with Gasteiger partial charge in [-0.15, -0.1) is 0 Å². The van der Waals surface area contributed by atoms with Crippen LogP contribution in [-0.2, 0) is 33.3 Å². The second kappa shape index (κ2) is 5.76. The van der Waals surface area contributed by atoms with Gasteiger partial charge in [0.05, 0.1) is 6.61 Å². The molecule has 2 aliphatic rings. The molecule has 0 radical (unpaired) electrons. The Hall–Kier alpha value is -1.67. The fraction of sp³-hybridized carbons (Fsp3) is 0.750. The summed E-state index contributed by atoms with van der Waals surface area (Å²) < 4.78 is 21.3. The molecule has 1 amide bonds. The molecule has 1 N–H and O–H groups in total. The Morgan fingerprint density at radius 1 is 1.05 bits per heavy atom. The minimum Gasteiger partial charge on any atom is -0.456 e. The molecule has 0 saturated carbocycles. The highest BCUT2D eigenvalue weighted by molar-refractivity contribution is 5.73. The van der Waals surface area contributed by atoms with Crippen molar-refractivity contribution in [3.8, 4) is 0 Å². The van der Waals surface area contributed by atoms with E-state index < -0.39 is 42.6 Å². The van der Waals surface area contributed by atoms with Crippen LogP contribution in [0.3, 0.4) is 0 Å². The van der Waals surface area contributed by atoms with Crippen molar-refractivity contribution in [3.63, 3.8) is 0 Å². The third-order valence-corrected chi connectivity index (χ3v) is 3.05. The molecular formula is C12H17NO7. The van der Waals surface area contributed by atoms with Gasteiger partial charge in [-0.2, -0.15) is 0 Å². The van der Waals surface area contributed by atoms with E-state index in [-0.39, 0.29) is 12.5 Å². The quantitative estimate of drug-likeness (QED) is 0.672. The summed E-state index contributed by atoms with van der Waals surface area (Å²) in [5.41, 5.74) is 0. The van der Waals surface area contributed by atoms with Gasteiger partial charge in [-0.05, 0) is 0 Å². The lowest BCUT2D eigenvalue weighted by Crippen LogP contribution is -2.62. The van der Waals surface area contributed by atoms with Crippen LogP contribution in [0.4, 0.5) is 0 Å². The Morgan fingerprint density at radius 2 is 1.65 bits per heavy atom. The second-order valence-corrected chi connectivity index (χ2v) is 4.75. The predicted octanol–water partition coefficient (Wildman–Crippen LogP) is -0.890. The molecule has 2 heterocycles. The third kappa shape index (κ3) is 3.07. The number of nitrogens with one attached hydrogen (secondary N) is 1. The van der Waals surface area contributed by atoms with Crippen LogP contribution in [0, 0.1) is 0 Å². The van der Waals surface area contributed by atoms with E-state index in [1.165, 1.54) is 20.8 Å². The van der Waals surface area contributed by atoms with Crippen molar-refractivity contribution in [1.29, 1.82) is 0 Å². The molecule has 8 nitrogen and oxygen atoms in total. The summed E-state index contributed by atoms with van der Waals surface area (Å²) in [7, 11) is 0. The first kappa shape index (κ1) is 14.7. The molecule has 2 fully saturated rings. The van der Waals surface area contributed by atoms with Gasteiger partial charge in [-0.3, -0.25) is 14.4 Å². The van der Waals surface area contributed by atoms with Crippen molar-refractivity contribution in [2.45, 2.75) is 51.4 Å². The van der Waals surface area contributed by atoms with Crippen molar-refractivity contribution < 1.29 is 33.3 Å². The van der Waals surface area contributed by atoms with Crippen molar-refractivity contribution >= 4 is 17.8 Å². The van der Waals surface area contributed by atoms with E-state index in [0.717, 1.165) is 0 Å².